The minimum absolute atomic E-state index is 0.0713. The van der Waals surface area contributed by atoms with E-state index in [2.05, 4.69) is 0 Å². The molecule has 0 aromatic rings. The fraction of sp³-hybridized carbons (Fsp3) is 0.750. The number of carbonyl (C=O) groups is 2. The van der Waals surface area contributed by atoms with Gasteiger partial charge in [-0.2, -0.15) is 13.2 Å². The first-order valence-electron chi connectivity index (χ1n) is 4.57. The van der Waals surface area contributed by atoms with Crippen molar-refractivity contribution in [2.45, 2.75) is 6.18 Å². The third-order valence-electron chi connectivity index (χ3n) is 2.19. The van der Waals surface area contributed by atoms with Crippen molar-refractivity contribution in [3.8, 4) is 0 Å². The van der Waals surface area contributed by atoms with Crippen LogP contribution in [0.5, 0.6) is 0 Å². The summed E-state index contributed by atoms with van der Waals surface area (Å²) in [7, 11) is 0. The van der Waals surface area contributed by atoms with Gasteiger partial charge in [0.1, 0.15) is 0 Å². The van der Waals surface area contributed by atoms with E-state index in [0.29, 0.717) is 0 Å². The fourth-order valence-corrected chi connectivity index (χ4v) is 1.26. The van der Waals surface area contributed by atoms with E-state index in [4.69, 9.17) is 5.11 Å². The Labute approximate surface area is 89.2 Å². The number of carboxylic acid groups (broad SMARTS) is 1. The van der Waals surface area contributed by atoms with Gasteiger partial charge in [0.15, 0.2) is 0 Å². The molecule has 1 aliphatic rings. The minimum Gasteiger partial charge on any atom is -0.481 e. The summed E-state index contributed by atoms with van der Waals surface area (Å²) >= 11 is 0. The van der Waals surface area contributed by atoms with Gasteiger partial charge in [0.2, 0.25) is 5.91 Å². The largest absolute Gasteiger partial charge is 0.481 e. The summed E-state index contributed by atoms with van der Waals surface area (Å²) in [6, 6.07) is 0. The van der Waals surface area contributed by atoms with E-state index in [-0.39, 0.29) is 13.1 Å². The number of likely N-dealkylation sites (tertiary alicyclic amines) is 1. The van der Waals surface area contributed by atoms with Crippen LogP contribution in [0, 0.1) is 5.92 Å². The summed E-state index contributed by atoms with van der Waals surface area (Å²) in [5, 5.41) is 10.5. The Balaban J connectivity index is 2.16. The number of hydrogen-bond acceptors (Lipinski definition) is 3. The molecule has 0 aromatic heterocycles. The van der Waals surface area contributed by atoms with Crippen LogP contribution in [0.25, 0.3) is 0 Å². The summed E-state index contributed by atoms with van der Waals surface area (Å²) in [4.78, 5) is 22.8. The van der Waals surface area contributed by atoms with Crippen molar-refractivity contribution in [3.05, 3.63) is 0 Å². The normalized spacial score (nSPS) is 17.1. The number of amides is 1. The molecule has 1 fully saturated rings. The van der Waals surface area contributed by atoms with Crippen molar-refractivity contribution in [2.75, 3.05) is 26.2 Å². The number of rotatable bonds is 4. The molecule has 1 saturated heterocycles. The lowest BCUT2D eigenvalue weighted by Gasteiger charge is -2.36. The monoisotopic (exact) mass is 240 g/mol. The molecule has 0 aromatic carbocycles. The van der Waals surface area contributed by atoms with Gasteiger partial charge in [-0.15, -0.1) is 0 Å². The van der Waals surface area contributed by atoms with Gasteiger partial charge in [-0.25, -0.2) is 0 Å². The van der Waals surface area contributed by atoms with Crippen molar-refractivity contribution in [2.24, 2.45) is 5.92 Å². The first kappa shape index (κ1) is 12.8. The molecule has 0 aliphatic carbocycles. The molecule has 1 aliphatic heterocycles. The average molecular weight is 240 g/mol. The molecule has 16 heavy (non-hydrogen) atoms. The number of carboxylic acids is 1. The first-order chi connectivity index (χ1) is 7.29. The van der Waals surface area contributed by atoms with E-state index < -0.39 is 37.1 Å². The standard InChI is InChI=1S/C8H11F3N2O3/c9-8(10,11)4-12-1-6(14)13-2-5(3-13)7(15)16/h5,12H,1-4H2,(H,15,16). The second kappa shape index (κ2) is 4.69. The van der Waals surface area contributed by atoms with Crippen molar-refractivity contribution in [1.29, 1.82) is 0 Å². The summed E-state index contributed by atoms with van der Waals surface area (Å²) in [5.74, 6) is -2.10. The second-order valence-electron chi connectivity index (χ2n) is 3.55. The van der Waals surface area contributed by atoms with Gasteiger partial charge in [0, 0.05) is 13.1 Å². The lowest BCUT2D eigenvalue weighted by atomic mass is 10.0. The molecule has 0 bridgehead atoms. The highest BCUT2D eigenvalue weighted by Crippen LogP contribution is 2.15. The highest BCUT2D eigenvalue weighted by molar-refractivity contribution is 5.82. The summed E-state index contributed by atoms with van der Waals surface area (Å²) < 4.78 is 35.1. The maximum absolute atomic E-state index is 11.7. The zero-order valence-electron chi connectivity index (χ0n) is 8.25. The van der Waals surface area contributed by atoms with Crippen molar-refractivity contribution in [3.63, 3.8) is 0 Å². The Hall–Kier alpha value is -1.31. The quantitative estimate of drug-likeness (QED) is 0.706. The third kappa shape index (κ3) is 3.69. The minimum atomic E-state index is -4.35. The van der Waals surface area contributed by atoms with Gasteiger partial charge in [0.05, 0.1) is 19.0 Å². The van der Waals surface area contributed by atoms with E-state index >= 15 is 0 Å². The van der Waals surface area contributed by atoms with Crippen molar-refractivity contribution >= 4 is 11.9 Å². The SMILES string of the molecule is O=C(O)C1CN(C(=O)CNCC(F)(F)F)C1. The molecule has 1 heterocycles. The smallest absolute Gasteiger partial charge is 0.401 e. The van der Waals surface area contributed by atoms with E-state index in [1.807, 2.05) is 5.32 Å². The van der Waals surface area contributed by atoms with Crippen molar-refractivity contribution < 1.29 is 27.9 Å². The topological polar surface area (TPSA) is 69.6 Å². The second-order valence-corrected chi connectivity index (χ2v) is 3.55. The fourth-order valence-electron chi connectivity index (χ4n) is 1.26. The number of nitrogens with one attached hydrogen (secondary N) is 1. The van der Waals surface area contributed by atoms with Crippen LogP contribution in [-0.2, 0) is 9.59 Å². The molecule has 1 rings (SSSR count). The van der Waals surface area contributed by atoms with Gasteiger partial charge < -0.3 is 15.3 Å². The maximum atomic E-state index is 11.7. The van der Waals surface area contributed by atoms with Crippen LogP contribution in [0.1, 0.15) is 0 Å². The molecule has 5 nitrogen and oxygen atoms in total. The van der Waals surface area contributed by atoms with E-state index in [9.17, 15) is 22.8 Å². The highest BCUT2D eigenvalue weighted by Gasteiger charge is 2.35. The molecule has 92 valence electrons. The van der Waals surface area contributed by atoms with Gasteiger partial charge in [-0.3, -0.25) is 9.59 Å². The van der Waals surface area contributed by atoms with Crippen molar-refractivity contribution in [1.82, 2.24) is 10.2 Å². The average Bonchev–Trinajstić information content (AvgIpc) is 1.97. The Morgan fingerprint density at radius 1 is 1.38 bits per heavy atom. The van der Waals surface area contributed by atoms with Crippen LogP contribution >= 0.6 is 0 Å². The Kier molecular flexibility index (Phi) is 3.74. The predicted molar refractivity (Wildman–Crippen MR) is 46.6 cm³/mol. The van der Waals surface area contributed by atoms with E-state index in [1.165, 1.54) is 4.90 Å². The number of nitrogens with zero attached hydrogens (tertiary/aromatic N) is 1. The number of hydrogen-bond donors (Lipinski definition) is 2. The number of aliphatic carboxylic acids is 1. The maximum Gasteiger partial charge on any atom is 0.401 e. The van der Waals surface area contributed by atoms with Crippen LogP contribution in [-0.4, -0.2) is 54.2 Å². The zero-order valence-corrected chi connectivity index (χ0v) is 8.25. The molecule has 0 saturated carbocycles. The Morgan fingerprint density at radius 2 is 1.94 bits per heavy atom. The molecule has 0 spiro atoms. The predicted octanol–water partition coefficient (Wildman–Crippen LogP) is -0.319. The van der Waals surface area contributed by atoms with Crippen LogP contribution in [0.2, 0.25) is 0 Å². The molecule has 8 heteroatoms. The van der Waals surface area contributed by atoms with Gasteiger partial charge >= 0.3 is 12.1 Å². The first-order valence-corrected chi connectivity index (χ1v) is 4.57. The molecular weight excluding hydrogens is 229 g/mol. The van der Waals surface area contributed by atoms with Gasteiger partial charge in [-0.05, 0) is 0 Å². The van der Waals surface area contributed by atoms with E-state index in [1.54, 1.807) is 0 Å². The lowest BCUT2D eigenvalue weighted by Crippen LogP contribution is -2.55. The summed E-state index contributed by atoms with van der Waals surface area (Å²) in [6.07, 6.45) is -4.35. The molecular formula is C8H11F3N2O3. The van der Waals surface area contributed by atoms with E-state index in [0.717, 1.165) is 0 Å². The molecule has 1 amide bonds. The zero-order chi connectivity index (χ0) is 12.3. The molecule has 0 unspecified atom stereocenters. The number of halogens is 3. The van der Waals surface area contributed by atoms with Crippen LogP contribution in [0.15, 0.2) is 0 Å². The number of alkyl halides is 3. The summed E-state index contributed by atoms with van der Waals surface area (Å²) in [6.45, 7) is -1.51. The van der Waals surface area contributed by atoms with Gasteiger partial charge in [0.25, 0.3) is 0 Å². The molecule has 0 radical (unpaired) electrons. The Bertz CT molecular complexity index is 287. The number of carbonyl (C=O) groups excluding carboxylic acids is 1. The van der Waals surface area contributed by atoms with Crippen LogP contribution in [0.3, 0.4) is 0 Å². The van der Waals surface area contributed by atoms with Crippen LogP contribution < -0.4 is 5.32 Å². The third-order valence-corrected chi connectivity index (χ3v) is 2.19. The Morgan fingerprint density at radius 3 is 2.38 bits per heavy atom. The molecule has 0 atom stereocenters. The van der Waals surface area contributed by atoms with Crippen LogP contribution in [0.4, 0.5) is 13.2 Å². The highest BCUT2D eigenvalue weighted by atomic mass is 19.4. The lowest BCUT2D eigenvalue weighted by molar-refractivity contribution is -0.152. The molecule has 2 N–H and O–H groups in total. The summed E-state index contributed by atoms with van der Waals surface area (Å²) in [5.41, 5.74) is 0. The van der Waals surface area contributed by atoms with Gasteiger partial charge in [-0.1, -0.05) is 0 Å².